The average Bonchev–Trinajstić information content (AvgIpc) is 2.75. The molecule has 7 heteroatoms. The van der Waals surface area contributed by atoms with Gasteiger partial charge >= 0.3 is 0 Å². The molecule has 0 spiro atoms. The molecular weight excluding hydrogens is 364 g/mol. The predicted molar refractivity (Wildman–Crippen MR) is 117 cm³/mol. The van der Waals surface area contributed by atoms with E-state index >= 15 is 0 Å². The molecule has 7 nitrogen and oxygen atoms in total. The highest BCUT2D eigenvalue weighted by atomic mass is 16.1. The first kappa shape index (κ1) is 19.6. The van der Waals surface area contributed by atoms with Crippen LogP contribution in [0.5, 0.6) is 0 Å². The Morgan fingerprint density at radius 3 is 2.28 bits per heavy atom. The maximum absolute atomic E-state index is 12.8. The molecule has 1 N–H and O–H groups in total. The Kier molecular flexibility index (Phi) is 5.94. The fourth-order valence-electron chi connectivity index (χ4n) is 3.97. The van der Waals surface area contributed by atoms with Gasteiger partial charge in [0.2, 0.25) is 0 Å². The maximum atomic E-state index is 12.8. The minimum absolute atomic E-state index is 0.198. The lowest BCUT2D eigenvalue weighted by Crippen LogP contribution is -2.45. The molecule has 0 aliphatic carbocycles. The van der Waals surface area contributed by atoms with Gasteiger partial charge in [0.25, 0.3) is 5.91 Å². The van der Waals surface area contributed by atoms with Gasteiger partial charge in [0.1, 0.15) is 17.3 Å². The Labute approximate surface area is 172 Å². The number of amides is 1. The van der Waals surface area contributed by atoms with Crippen molar-refractivity contribution in [2.45, 2.75) is 26.2 Å². The molecule has 1 amide bonds. The molecule has 2 aliphatic rings. The van der Waals surface area contributed by atoms with E-state index in [2.05, 4.69) is 49.2 Å². The van der Waals surface area contributed by atoms with Gasteiger partial charge in [0.15, 0.2) is 0 Å². The Morgan fingerprint density at radius 2 is 1.59 bits per heavy atom. The van der Waals surface area contributed by atoms with E-state index in [9.17, 15) is 4.79 Å². The van der Waals surface area contributed by atoms with Crippen molar-refractivity contribution in [2.24, 2.45) is 0 Å². The lowest BCUT2D eigenvalue weighted by molar-refractivity contribution is 0.102. The molecule has 2 fully saturated rings. The molecular formula is C22H30N6O. The maximum Gasteiger partial charge on any atom is 0.274 e. The number of carbonyl (C=O) groups excluding carboxylic acids is 1. The Hall–Kier alpha value is -2.67. The second-order valence-electron chi connectivity index (χ2n) is 8.00. The van der Waals surface area contributed by atoms with Crippen LogP contribution in [-0.2, 0) is 0 Å². The summed E-state index contributed by atoms with van der Waals surface area (Å²) in [5.41, 5.74) is 2.41. The smallest absolute Gasteiger partial charge is 0.274 e. The lowest BCUT2D eigenvalue weighted by Gasteiger charge is -2.33. The number of benzene rings is 1. The fraction of sp³-hybridized carbons (Fsp3) is 0.500. The van der Waals surface area contributed by atoms with Crippen LogP contribution in [0.2, 0.25) is 0 Å². The van der Waals surface area contributed by atoms with E-state index in [-0.39, 0.29) is 5.91 Å². The molecule has 29 heavy (non-hydrogen) atoms. The largest absolute Gasteiger partial charge is 0.372 e. The van der Waals surface area contributed by atoms with E-state index in [0.717, 1.165) is 50.8 Å². The molecule has 0 atom stereocenters. The molecule has 2 aromatic rings. The second-order valence-corrected chi connectivity index (χ2v) is 8.00. The zero-order valence-corrected chi connectivity index (χ0v) is 17.4. The summed E-state index contributed by atoms with van der Waals surface area (Å²) in [7, 11) is 2.12. The number of nitrogens with one attached hydrogen (secondary N) is 1. The first-order chi connectivity index (χ1) is 14.1. The van der Waals surface area contributed by atoms with Crippen LogP contribution in [0.4, 0.5) is 17.2 Å². The highest BCUT2D eigenvalue weighted by molar-refractivity contribution is 6.03. The van der Waals surface area contributed by atoms with Gasteiger partial charge in [-0.2, -0.15) is 0 Å². The highest BCUT2D eigenvalue weighted by Crippen LogP contribution is 2.22. The van der Waals surface area contributed by atoms with Gasteiger partial charge in [-0.1, -0.05) is 0 Å². The summed E-state index contributed by atoms with van der Waals surface area (Å²) in [6.45, 7) is 7.87. The number of rotatable bonds is 4. The number of nitrogens with zero attached hydrogens (tertiary/aromatic N) is 5. The van der Waals surface area contributed by atoms with Crippen LogP contribution in [0.15, 0.2) is 30.3 Å². The standard InChI is InChI=1S/C22H30N6O/c1-17-23-20(16-21(24-17)28-14-12-26(2)13-15-28)22(29)25-18-6-8-19(9-7-18)27-10-4-3-5-11-27/h6-9,16H,3-5,10-15H2,1-2H3,(H,25,29). The minimum Gasteiger partial charge on any atom is -0.372 e. The van der Waals surface area contributed by atoms with Crippen LogP contribution in [-0.4, -0.2) is 67.1 Å². The van der Waals surface area contributed by atoms with Crippen molar-refractivity contribution in [2.75, 3.05) is 61.4 Å². The van der Waals surface area contributed by atoms with Gasteiger partial charge in [-0.15, -0.1) is 0 Å². The Balaban J connectivity index is 1.44. The quantitative estimate of drug-likeness (QED) is 0.860. The van der Waals surface area contributed by atoms with Gasteiger partial charge in [-0.3, -0.25) is 4.79 Å². The van der Waals surface area contributed by atoms with Crippen LogP contribution in [0.1, 0.15) is 35.6 Å². The molecule has 0 saturated carbocycles. The molecule has 0 radical (unpaired) electrons. The van der Waals surface area contributed by atoms with Crippen molar-refractivity contribution < 1.29 is 4.79 Å². The summed E-state index contributed by atoms with van der Waals surface area (Å²) >= 11 is 0. The van der Waals surface area contributed by atoms with Crippen molar-refractivity contribution in [3.8, 4) is 0 Å². The zero-order valence-electron chi connectivity index (χ0n) is 17.4. The highest BCUT2D eigenvalue weighted by Gasteiger charge is 2.19. The SMILES string of the molecule is Cc1nc(C(=O)Nc2ccc(N3CCCCC3)cc2)cc(N2CCN(C)CC2)n1. The van der Waals surface area contributed by atoms with E-state index < -0.39 is 0 Å². The van der Waals surface area contributed by atoms with Crippen LogP contribution < -0.4 is 15.1 Å². The summed E-state index contributed by atoms with van der Waals surface area (Å²) in [5.74, 6) is 1.25. The van der Waals surface area contributed by atoms with Gasteiger partial charge < -0.3 is 20.0 Å². The summed E-state index contributed by atoms with van der Waals surface area (Å²) in [5, 5.41) is 2.98. The van der Waals surface area contributed by atoms with Crippen LogP contribution in [0.25, 0.3) is 0 Å². The van der Waals surface area contributed by atoms with E-state index in [1.165, 1.54) is 24.9 Å². The van der Waals surface area contributed by atoms with E-state index in [1.807, 2.05) is 19.1 Å². The molecule has 0 unspecified atom stereocenters. The second kappa shape index (κ2) is 8.78. The number of carbonyl (C=O) groups is 1. The fourth-order valence-corrected chi connectivity index (χ4v) is 3.97. The van der Waals surface area contributed by atoms with Crippen molar-refractivity contribution in [3.63, 3.8) is 0 Å². The normalized spacial score (nSPS) is 18.0. The summed E-state index contributed by atoms with van der Waals surface area (Å²) in [6, 6.07) is 9.91. The topological polar surface area (TPSA) is 64.6 Å². The number of hydrogen-bond acceptors (Lipinski definition) is 6. The average molecular weight is 395 g/mol. The van der Waals surface area contributed by atoms with Gasteiger partial charge in [0, 0.05) is 56.7 Å². The number of anilines is 3. The number of hydrogen-bond donors (Lipinski definition) is 1. The third-order valence-electron chi connectivity index (χ3n) is 5.73. The summed E-state index contributed by atoms with van der Waals surface area (Å²) < 4.78 is 0. The van der Waals surface area contributed by atoms with E-state index in [4.69, 9.17) is 0 Å². The van der Waals surface area contributed by atoms with Gasteiger partial charge in [-0.25, -0.2) is 9.97 Å². The van der Waals surface area contributed by atoms with Crippen LogP contribution >= 0.6 is 0 Å². The van der Waals surface area contributed by atoms with E-state index in [1.54, 1.807) is 6.07 Å². The molecule has 3 heterocycles. The van der Waals surface area contributed by atoms with Crippen LogP contribution in [0, 0.1) is 6.92 Å². The molecule has 154 valence electrons. The monoisotopic (exact) mass is 394 g/mol. The minimum atomic E-state index is -0.198. The zero-order chi connectivity index (χ0) is 20.2. The third kappa shape index (κ3) is 4.85. The van der Waals surface area contributed by atoms with Gasteiger partial charge in [0.05, 0.1) is 0 Å². The van der Waals surface area contributed by atoms with Crippen molar-refractivity contribution in [3.05, 3.63) is 41.9 Å². The molecule has 1 aromatic carbocycles. The first-order valence-electron chi connectivity index (χ1n) is 10.5. The molecule has 4 rings (SSSR count). The number of aryl methyl sites for hydroxylation is 1. The lowest BCUT2D eigenvalue weighted by atomic mass is 10.1. The number of piperazine rings is 1. The van der Waals surface area contributed by atoms with Crippen molar-refractivity contribution >= 4 is 23.1 Å². The molecule has 2 aliphatic heterocycles. The number of aromatic nitrogens is 2. The third-order valence-corrected chi connectivity index (χ3v) is 5.73. The number of piperidine rings is 1. The Morgan fingerprint density at radius 1 is 0.897 bits per heavy atom. The summed E-state index contributed by atoms with van der Waals surface area (Å²) in [6.07, 6.45) is 3.82. The van der Waals surface area contributed by atoms with Crippen LogP contribution in [0.3, 0.4) is 0 Å². The van der Waals surface area contributed by atoms with Crippen molar-refractivity contribution in [1.82, 2.24) is 14.9 Å². The van der Waals surface area contributed by atoms with E-state index in [0.29, 0.717) is 11.5 Å². The summed E-state index contributed by atoms with van der Waals surface area (Å²) in [4.78, 5) is 28.6. The molecule has 0 bridgehead atoms. The molecule has 2 saturated heterocycles. The van der Waals surface area contributed by atoms with Gasteiger partial charge in [-0.05, 0) is 57.5 Å². The Bertz CT molecular complexity index is 839. The predicted octanol–water partition coefficient (Wildman–Crippen LogP) is 2.78. The molecule has 1 aromatic heterocycles. The van der Waals surface area contributed by atoms with Crippen molar-refractivity contribution in [1.29, 1.82) is 0 Å². The first-order valence-corrected chi connectivity index (χ1v) is 10.5. The number of likely N-dealkylation sites (N-methyl/N-ethyl adjacent to an activating group) is 1.